The van der Waals surface area contributed by atoms with Gasteiger partial charge in [-0.2, -0.15) is 0 Å². The van der Waals surface area contributed by atoms with Gasteiger partial charge in [0.15, 0.2) is 0 Å². The summed E-state index contributed by atoms with van der Waals surface area (Å²) in [5, 5.41) is 10.3. The molecule has 1 atom stereocenters. The lowest BCUT2D eigenvalue weighted by atomic mass is 10.2. The lowest BCUT2D eigenvalue weighted by molar-refractivity contribution is -0.121. The summed E-state index contributed by atoms with van der Waals surface area (Å²) in [6.07, 6.45) is 1.07. The molecular formula is C16H19N5O2S. The Balaban J connectivity index is 2.04. The van der Waals surface area contributed by atoms with Gasteiger partial charge in [-0.15, -0.1) is 5.10 Å². The monoisotopic (exact) mass is 345 g/mol. The van der Waals surface area contributed by atoms with Gasteiger partial charge in [0.2, 0.25) is 16.5 Å². The number of fused-ring (bicyclic) bond motifs is 3. The summed E-state index contributed by atoms with van der Waals surface area (Å²) in [6.45, 7) is 4.20. The van der Waals surface area contributed by atoms with Gasteiger partial charge in [0.1, 0.15) is 0 Å². The van der Waals surface area contributed by atoms with E-state index in [4.69, 9.17) is 12.2 Å². The Hall–Kier alpha value is -2.48. The van der Waals surface area contributed by atoms with Gasteiger partial charge in [-0.1, -0.05) is 19.1 Å². The number of carbonyl (C=O) groups is 1. The number of H-pyrrole nitrogens is 1. The highest BCUT2D eigenvalue weighted by molar-refractivity contribution is 7.71. The highest BCUT2D eigenvalue weighted by atomic mass is 32.1. The Morgan fingerprint density at radius 3 is 2.92 bits per heavy atom. The van der Waals surface area contributed by atoms with E-state index in [0.29, 0.717) is 21.5 Å². The molecule has 0 radical (unpaired) electrons. The summed E-state index contributed by atoms with van der Waals surface area (Å²) in [5.74, 6) is 0.330. The molecule has 8 heteroatoms. The van der Waals surface area contributed by atoms with Crippen molar-refractivity contribution in [3.05, 3.63) is 39.4 Å². The lowest BCUT2D eigenvalue weighted by Gasteiger charge is -2.13. The molecule has 0 bridgehead atoms. The Bertz CT molecular complexity index is 1020. The van der Waals surface area contributed by atoms with Gasteiger partial charge in [0.05, 0.1) is 10.9 Å². The first-order valence-electron chi connectivity index (χ1n) is 7.91. The second-order valence-corrected chi connectivity index (χ2v) is 6.15. The molecule has 1 aromatic carbocycles. The minimum atomic E-state index is -0.177. The number of carbonyl (C=O) groups excluding carboxylic acids is 1. The number of hydrogen-bond acceptors (Lipinski definition) is 4. The fraction of sp³-hybridized carbons (Fsp3) is 0.375. The first kappa shape index (κ1) is 16.4. The number of rotatable bonds is 5. The van der Waals surface area contributed by atoms with E-state index in [9.17, 15) is 9.59 Å². The van der Waals surface area contributed by atoms with E-state index in [1.165, 1.54) is 4.57 Å². The molecule has 0 aliphatic carbocycles. The molecule has 0 unspecified atom stereocenters. The van der Waals surface area contributed by atoms with Crippen LogP contribution >= 0.6 is 12.2 Å². The number of aryl methyl sites for hydroxylation is 1. The zero-order valence-electron chi connectivity index (χ0n) is 13.6. The molecule has 2 N–H and O–H groups in total. The van der Waals surface area contributed by atoms with Crippen LogP contribution in [-0.2, 0) is 11.3 Å². The summed E-state index contributed by atoms with van der Waals surface area (Å²) in [4.78, 5) is 24.8. The average Bonchev–Trinajstić information content (AvgIpc) is 2.96. The van der Waals surface area contributed by atoms with Crippen LogP contribution in [-0.4, -0.2) is 31.1 Å². The van der Waals surface area contributed by atoms with Gasteiger partial charge in [-0.25, -0.2) is 5.10 Å². The first-order valence-corrected chi connectivity index (χ1v) is 8.31. The molecule has 24 heavy (non-hydrogen) atoms. The van der Waals surface area contributed by atoms with Crippen LogP contribution in [0.3, 0.4) is 0 Å². The van der Waals surface area contributed by atoms with Gasteiger partial charge in [-0.3, -0.25) is 18.6 Å². The van der Waals surface area contributed by atoms with Crippen molar-refractivity contribution >= 4 is 34.8 Å². The van der Waals surface area contributed by atoms with E-state index < -0.39 is 0 Å². The van der Waals surface area contributed by atoms with Crippen LogP contribution in [0.15, 0.2) is 29.1 Å². The van der Waals surface area contributed by atoms with Crippen molar-refractivity contribution in [3.8, 4) is 0 Å². The predicted octanol–water partition coefficient (Wildman–Crippen LogP) is 2.01. The summed E-state index contributed by atoms with van der Waals surface area (Å²) in [5.41, 5.74) is 0.528. The minimum absolute atomic E-state index is 0.0864. The van der Waals surface area contributed by atoms with E-state index in [-0.39, 0.29) is 30.5 Å². The number of benzene rings is 1. The molecule has 3 rings (SSSR count). The van der Waals surface area contributed by atoms with Crippen molar-refractivity contribution in [1.29, 1.82) is 0 Å². The number of para-hydroxylation sites is 1. The van der Waals surface area contributed by atoms with Crippen molar-refractivity contribution in [2.75, 3.05) is 0 Å². The average molecular weight is 345 g/mol. The quantitative estimate of drug-likeness (QED) is 0.693. The first-order chi connectivity index (χ1) is 11.5. The Labute approximate surface area is 143 Å². The SMILES string of the molecule is CC[C@H](C)NC(=O)CCn1c(=O)c2ccccc2n2c(=S)[nH]nc12. The van der Waals surface area contributed by atoms with Crippen LogP contribution < -0.4 is 10.9 Å². The summed E-state index contributed by atoms with van der Waals surface area (Å²) < 4.78 is 3.63. The zero-order valence-corrected chi connectivity index (χ0v) is 14.4. The number of nitrogens with zero attached hydrogens (tertiary/aromatic N) is 3. The van der Waals surface area contributed by atoms with Gasteiger partial charge < -0.3 is 5.32 Å². The molecule has 2 aromatic heterocycles. The number of aromatic amines is 1. The molecular weight excluding hydrogens is 326 g/mol. The Kier molecular flexibility index (Phi) is 4.48. The third-order valence-corrected chi connectivity index (χ3v) is 4.37. The molecule has 0 saturated heterocycles. The standard InChI is InChI=1S/C16H19N5O2S/c1-3-10(2)17-13(22)8-9-20-14(23)11-6-4-5-7-12(11)21-15(20)18-19-16(21)24/h4-7,10H,3,8-9H2,1-2H3,(H,17,22)(H,19,24)/t10-/m0/s1. The fourth-order valence-electron chi connectivity index (χ4n) is 2.64. The van der Waals surface area contributed by atoms with Crippen LogP contribution in [0.1, 0.15) is 26.7 Å². The molecule has 0 aliphatic heterocycles. The normalized spacial score (nSPS) is 12.6. The minimum Gasteiger partial charge on any atom is -0.354 e. The van der Waals surface area contributed by atoms with Crippen LogP contribution in [0, 0.1) is 4.77 Å². The topological polar surface area (TPSA) is 84.2 Å². The predicted molar refractivity (Wildman–Crippen MR) is 94.7 cm³/mol. The second kappa shape index (κ2) is 6.56. The van der Waals surface area contributed by atoms with E-state index in [1.54, 1.807) is 16.5 Å². The van der Waals surface area contributed by atoms with Gasteiger partial charge in [0.25, 0.3) is 5.56 Å². The molecule has 1 amide bonds. The largest absolute Gasteiger partial charge is 0.354 e. The number of aromatic nitrogens is 4. The maximum atomic E-state index is 12.8. The maximum absolute atomic E-state index is 12.8. The second-order valence-electron chi connectivity index (χ2n) is 5.76. The van der Waals surface area contributed by atoms with Crippen molar-refractivity contribution < 1.29 is 4.79 Å². The molecule has 0 fully saturated rings. The van der Waals surface area contributed by atoms with Crippen molar-refractivity contribution in [3.63, 3.8) is 0 Å². The van der Waals surface area contributed by atoms with Crippen LogP contribution in [0.2, 0.25) is 0 Å². The van der Waals surface area contributed by atoms with E-state index in [2.05, 4.69) is 15.5 Å². The maximum Gasteiger partial charge on any atom is 0.262 e. The van der Waals surface area contributed by atoms with Crippen molar-refractivity contribution in [1.82, 2.24) is 24.5 Å². The van der Waals surface area contributed by atoms with Crippen molar-refractivity contribution in [2.45, 2.75) is 39.3 Å². The zero-order chi connectivity index (χ0) is 17.3. The summed E-state index contributed by atoms with van der Waals surface area (Å²) in [7, 11) is 0. The molecule has 0 aliphatic rings. The highest BCUT2D eigenvalue weighted by Crippen LogP contribution is 2.13. The van der Waals surface area contributed by atoms with Crippen LogP contribution in [0.5, 0.6) is 0 Å². The van der Waals surface area contributed by atoms with Gasteiger partial charge >= 0.3 is 0 Å². The number of amides is 1. The van der Waals surface area contributed by atoms with Crippen molar-refractivity contribution in [2.24, 2.45) is 0 Å². The number of hydrogen-bond donors (Lipinski definition) is 2. The Morgan fingerprint density at radius 2 is 2.17 bits per heavy atom. The third-order valence-electron chi connectivity index (χ3n) is 4.10. The summed E-state index contributed by atoms with van der Waals surface area (Å²) >= 11 is 5.28. The molecule has 0 spiro atoms. The lowest BCUT2D eigenvalue weighted by Crippen LogP contribution is -2.33. The van der Waals surface area contributed by atoms with Gasteiger partial charge in [0, 0.05) is 19.0 Å². The molecule has 126 valence electrons. The molecule has 2 heterocycles. The summed E-state index contributed by atoms with van der Waals surface area (Å²) in [6, 6.07) is 7.35. The van der Waals surface area contributed by atoms with E-state index >= 15 is 0 Å². The smallest absolute Gasteiger partial charge is 0.262 e. The van der Waals surface area contributed by atoms with E-state index in [0.717, 1.165) is 6.42 Å². The number of nitrogens with one attached hydrogen (secondary N) is 2. The highest BCUT2D eigenvalue weighted by Gasteiger charge is 2.14. The third kappa shape index (κ3) is 2.84. The van der Waals surface area contributed by atoms with Gasteiger partial charge in [-0.05, 0) is 37.7 Å². The Morgan fingerprint density at radius 1 is 1.42 bits per heavy atom. The van der Waals surface area contributed by atoms with Crippen LogP contribution in [0.25, 0.3) is 16.7 Å². The van der Waals surface area contributed by atoms with Crippen LogP contribution in [0.4, 0.5) is 0 Å². The van der Waals surface area contributed by atoms with E-state index in [1.807, 2.05) is 26.0 Å². The fourth-order valence-corrected chi connectivity index (χ4v) is 2.86. The molecule has 0 saturated carbocycles. The molecule has 3 aromatic rings. The molecule has 7 nitrogen and oxygen atoms in total.